The number of aromatic nitrogens is 2. The largest absolute Gasteiger partial charge is 0.494 e. The van der Waals surface area contributed by atoms with Gasteiger partial charge in [0.25, 0.3) is 5.56 Å². The summed E-state index contributed by atoms with van der Waals surface area (Å²) in [6.45, 7) is 3.17. The predicted octanol–water partition coefficient (Wildman–Crippen LogP) is 5.67. The first-order chi connectivity index (χ1) is 13.6. The molecule has 4 rings (SSSR count). The minimum Gasteiger partial charge on any atom is -0.494 e. The molecule has 4 aromatic rings. The maximum Gasteiger partial charge on any atom is 0.262 e. The van der Waals surface area contributed by atoms with E-state index in [1.165, 1.54) is 16.9 Å². The smallest absolute Gasteiger partial charge is 0.262 e. The molecule has 0 amide bonds. The second-order valence-electron chi connectivity index (χ2n) is 6.59. The number of halogens is 1. The highest BCUT2D eigenvalue weighted by molar-refractivity contribution is 9.10. The van der Waals surface area contributed by atoms with Crippen molar-refractivity contribution < 1.29 is 4.74 Å². The molecule has 2 aromatic carbocycles. The van der Waals surface area contributed by atoms with E-state index in [-0.39, 0.29) is 5.56 Å². The van der Waals surface area contributed by atoms with Gasteiger partial charge in [-0.3, -0.25) is 9.36 Å². The van der Waals surface area contributed by atoms with Gasteiger partial charge in [-0.2, -0.15) is 0 Å². The van der Waals surface area contributed by atoms with Gasteiger partial charge in [0.05, 0.1) is 18.3 Å². The summed E-state index contributed by atoms with van der Waals surface area (Å²) in [6, 6.07) is 16.0. The third kappa shape index (κ3) is 4.03. The first-order valence-corrected chi connectivity index (χ1v) is 10.7. The molecule has 0 bridgehead atoms. The lowest BCUT2D eigenvalue weighted by Gasteiger charge is -2.08. The highest BCUT2D eigenvalue weighted by Crippen LogP contribution is 2.31. The van der Waals surface area contributed by atoms with E-state index >= 15 is 0 Å². The van der Waals surface area contributed by atoms with E-state index in [4.69, 9.17) is 4.74 Å². The van der Waals surface area contributed by atoms with Gasteiger partial charge in [0.15, 0.2) is 0 Å². The van der Waals surface area contributed by atoms with E-state index in [2.05, 4.69) is 20.9 Å². The van der Waals surface area contributed by atoms with Gasteiger partial charge in [0, 0.05) is 22.0 Å². The molecule has 0 fully saturated rings. The van der Waals surface area contributed by atoms with E-state index in [9.17, 15) is 4.79 Å². The summed E-state index contributed by atoms with van der Waals surface area (Å²) in [5.41, 5.74) is 3.17. The SMILES string of the molecule is Cc1ccc(OCCCn2cnc3scc(-c4ccc(Br)cc4)c3c2=O)cc1. The summed E-state index contributed by atoms with van der Waals surface area (Å²) in [6.07, 6.45) is 2.37. The molecule has 4 nitrogen and oxygen atoms in total. The third-order valence-electron chi connectivity index (χ3n) is 4.55. The van der Waals surface area contributed by atoms with Crippen LogP contribution >= 0.6 is 27.3 Å². The van der Waals surface area contributed by atoms with Crippen LogP contribution in [0.5, 0.6) is 5.75 Å². The van der Waals surface area contributed by atoms with Gasteiger partial charge < -0.3 is 4.74 Å². The van der Waals surface area contributed by atoms with Gasteiger partial charge in [-0.15, -0.1) is 11.3 Å². The van der Waals surface area contributed by atoms with Crippen LogP contribution in [0.25, 0.3) is 21.3 Å². The maximum atomic E-state index is 13.0. The van der Waals surface area contributed by atoms with Crippen molar-refractivity contribution in [2.24, 2.45) is 0 Å². The van der Waals surface area contributed by atoms with Crippen LogP contribution in [-0.2, 0) is 6.54 Å². The zero-order valence-corrected chi connectivity index (χ0v) is 17.8. The summed E-state index contributed by atoms with van der Waals surface area (Å²) in [5, 5.41) is 2.70. The van der Waals surface area contributed by atoms with E-state index in [1.807, 2.05) is 60.8 Å². The topological polar surface area (TPSA) is 44.1 Å². The molecule has 142 valence electrons. The van der Waals surface area contributed by atoms with E-state index < -0.39 is 0 Å². The molecule has 2 aromatic heterocycles. The van der Waals surface area contributed by atoms with Crippen LogP contribution in [-0.4, -0.2) is 16.2 Å². The zero-order valence-electron chi connectivity index (χ0n) is 15.4. The van der Waals surface area contributed by atoms with Crippen molar-refractivity contribution in [2.45, 2.75) is 19.9 Å². The van der Waals surface area contributed by atoms with Gasteiger partial charge >= 0.3 is 0 Å². The molecule has 0 N–H and O–H groups in total. The molecule has 0 spiro atoms. The summed E-state index contributed by atoms with van der Waals surface area (Å²) in [5.74, 6) is 0.849. The fraction of sp³-hybridized carbons (Fsp3) is 0.182. The van der Waals surface area contributed by atoms with Crippen molar-refractivity contribution in [2.75, 3.05) is 6.61 Å². The summed E-state index contributed by atoms with van der Waals surface area (Å²) in [7, 11) is 0. The molecule has 28 heavy (non-hydrogen) atoms. The van der Waals surface area contributed by atoms with E-state index in [0.717, 1.165) is 32.6 Å². The van der Waals surface area contributed by atoms with E-state index in [1.54, 1.807) is 10.9 Å². The average Bonchev–Trinajstić information content (AvgIpc) is 3.14. The molecular formula is C22H19BrN2O2S. The van der Waals surface area contributed by atoms with Crippen molar-refractivity contribution in [3.05, 3.63) is 80.6 Å². The first kappa shape index (κ1) is 18.9. The van der Waals surface area contributed by atoms with Gasteiger partial charge in [0.2, 0.25) is 0 Å². The van der Waals surface area contributed by atoms with E-state index in [0.29, 0.717) is 18.5 Å². The fourth-order valence-corrected chi connectivity index (χ4v) is 4.20. The van der Waals surface area contributed by atoms with Crippen LogP contribution in [0.15, 0.2) is 69.5 Å². The third-order valence-corrected chi connectivity index (χ3v) is 5.96. The Morgan fingerprint density at radius 1 is 1.11 bits per heavy atom. The fourth-order valence-electron chi connectivity index (χ4n) is 3.03. The number of ether oxygens (including phenoxy) is 1. The lowest BCUT2D eigenvalue weighted by molar-refractivity contribution is 0.301. The number of rotatable bonds is 6. The van der Waals surface area contributed by atoms with Crippen LogP contribution in [0.2, 0.25) is 0 Å². The number of aryl methyl sites for hydroxylation is 2. The van der Waals surface area contributed by atoms with Crippen LogP contribution < -0.4 is 10.3 Å². The normalized spacial score (nSPS) is 11.1. The van der Waals surface area contributed by atoms with Crippen molar-refractivity contribution in [1.82, 2.24) is 9.55 Å². The molecule has 6 heteroatoms. The summed E-state index contributed by atoms with van der Waals surface area (Å²) >= 11 is 4.95. The second kappa shape index (κ2) is 8.29. The van der Waals surface area contributed by atoms with Crippen LogP contribution in [0, 0.1) is 6.92 Å². The molecule has 0 saturated carbocycles. The Morgan fingerprint density at radius 2 is 1.86 bits per heavy atom. The van der Waals surface area contributed by atoms with Crippen LogP contribution in [0.3, 0.4) is 0 Å². The van der Waals surface area contributed by atoms with Crippen LogP contribution in [0.4, 0.5) is 0 Å². The van der Waals surface area contributed by atoms with Crippen molar-refractivity contribution in [3.63, 3.8) is 0 Å². The van der Waals surface area contributed by atoms with Crippen molar-refractivity contribution in [3.8, 4) is 16.9 Å². The number of benzene rings is 2. The molecular weight excluding hydrogens is 436 g/mol. The number of fused-ring (bicyclic) bond motifs is 1. The monoisotopic (exact) mass is 454 g/mol. The number of thiophene rings is 1. The zero-order chi connectivity index (χ0) is 19.5. The molecule has 2 heterocycles. The molecule has 0 aliphatic carbocycles. The first-order valence-electron chi connectivity index (χ1n) is 9.04. The number of hydrogen-bond donors (Lipinski definition) is 0. The molecule has 0 atom stereocenters. The quantitative estimate of drug-likeness (QED) is 0.352. The lowest BCUT2D eigenvalue weighted by atomic mass is 10.1. The Morgan fingerprint density at radius 3 is 2.61 bits per heavy atom. The molecule has 0 aliphatic rings. The lowest BCUT2D eigenvalue weighted by Crippen LogP contribution is -2.21. The molecule has 0 saturated heterocycles. The standard InChI is InChI=1S/C22H19BrN2O2S/c1-15-3-9-18(10-4-15)27-12-2-11-25-14-24-21-20(22(25)26)19(13-28-21)16-5-7-17(23)8-6-16/h3-10,13-14H,2,11-12H2,1H3. The Labute approximate surface area is 175 Å². The Bertz CT molecular complexity index is 1150. The highest BCUT2D eigenvalue weighted by Gasteiger charge is 2.13. The molecule has 0 unspecified atom stereocenters. The minimum atomic E-state index is -0.000459. The van der Waals surface area contributed by atoms with Crippen molar-refractivity contribution >= 4 is 37.5 Å². The number of hydrogen-bond acceptors (Lipinski definition) is 4. The van der Waals surface area contributed by atoms with Crippen LogP contribution in [0.1, 0.15) is 12.0 Å². The second-order valence-corrected chi connectivity index (χ2v) is 8.37. The van der Waals surface area contributed by atoms with Gasteiger partial charge in [0.1, 0.15) is 10.6 Å². The highest BCUT2D eigenvalue weighted by atomic mass is 79.9. The van der Waals surface area contributed by atoms with Gasteiger partial charge in [-0.1, -0.05) is 45.8 Å². The minimum absolute atomic E-state index is 0.000459. The average molecular weight is 455 g/mol. The molecule has 0 aliphatic heterocycles. The van der Waals surface area contributed by atoms with Crippen molar-refractivity contribution in [1.29, 1.82) is 0 Å². The maximum absolute atomic E-state index is 13.0. The predicted molar refractivity (Wildman–Crippen MR) is 118 cm³/mol. The number of nitrogens with zero attached hydrogens (tertiary/aromatic N) is 2. The summed E-state index contributed by atoms with van der Waals surface area (Å²) in [4.78, 5) is 18.3. The summed E-state index contributed by atoms with van der Waals surface area (Å²) < 4.78 is 8.45. The Hall–Kier alpha value is -2.44. The van der Waals surface area contributed by atoms with Gasteiger partial charge in [-0.25, -0.2) is 4.98 Å². The molecule has 0 radical (unpaired) electrons. The Kier molecular flexibility index (Phi) is 5.59. The van der Waals surface area contributed by atoms with Gasteiger partial charge in [-0.05, 0) is 43.2 Å². The Balaban J connectivity index is 1.51.